The van der Waals surface area contributed by atoms with Crippen molar-refractivity contribution in [1.29, 1.82) is 0 Å². The van der Waals surface area contributed by atoms with Crippen LogP contribution in [0.25, 0.3) is 0 Å². The van der Waals surface area contributed by atoms with E-state index >= 15 is 0 Å². The highest BCUT2D eigenvalue weighted by Crippen LogP contribution is 2.31. The topological polar surface area (TPSA) is 60.9 Å². The van der Waals surface area contributed by atoms with Crippen molar-refractivity contribution < 1.29 is 19.0 Å². The molecular weight excluding hydrogens is 272 g/mol. The molecule has 0 amide bonds. The predicted octanol–water partition coefficient (Wildman–Crippen LogP) is 1.63. The van der Waals surface area contributed by atoms with E-state index < -0.39 is 0 Å². The van der Waals surface area contributed by atoms with Gasteiger partial charge in [0.05, 0.1) is 21.3 Å². The summed E-state index contributed by atoms with van der Waals surface area (Å²) in [4.78, 5) is 18.4. The van der Waals surface area contributed by atoms with Crippen LogP contribution < -0.4 is 9.47 Å². The molecule has 0 spiro atoms. The summed E-state index contributed by atoms with van der Waals surface area (Å²) in [6.45, 7) is 1.39. The first kappa shape index (κ1) is 15.6. The zero-order valence-electron chi connectivity index (χ0n) is 12.8. The van der Waals surface area contributed by atoms with Gasteiger partial charge in [-0.1, -0.05) is 6.42 Å². The number of hydrogen-bond acceptors (Lipinski definition) is 6. The van der Waals surface area contributed by atoms with Crippen LogP contribution in [0, 0.1) is 0 Å². The SMILES string of the molecule is COC(=O)[C@H]1CCCCN1Cc1nccc(OC)c1OC. The summed E-state index contributed by atoms with van der Waals surface area (Å²) in [5.41, 5.74) is 0.771. The number of piperidine rings is 1. The van der Waals surface area contributed by atoms with Gasteiger partial charge < -0.3 is 14.2 Å². The Kier molecular flexibility index (Phi) is 5.38. The minimum Gasteiger partial charge on any atom is -0.493 e. The van der Waals surface area contributed by atoms with Crippen molar-refractivity contribution >= 4 is 5.97 Å². The highest BCUT2D eigenvalue weighted by Gasteiger charge is 2.30. The van der Waals surface area contributed by atoms with E-state index in [2.05, 4.69) is 9.88 Å². The molecule has 0 bridgehead atoms. The second-order valence-corrected chi connectivity index (χ2v) is 5.00. The average Bonchev–Trinajstić information content (AvgIpc) is 2.54. The van der Waals surface area contributed by atoms with E-state index in [1.54, 1.807) is 26.5 Å². The fourth-order valence-electron chi connectivity index (χ4n) is 2.74. The van der Waals surface area contributed by atoms with Crippen LogP contribution in [0.4, 0.5) is 0 Å². The number of rotatable bonds is 5. The number of methoxy groups -OCH3 is 3. The molecule has 21 heavy (non-hydrogen) atoms. The van der Waals surface area contributed by atoms with E-state index in [0.29, 0.717) is 18.0 Å². The van der Waals surface area contributed by atoms with Gasteiger partial charge in [0.25, 0.3) is 0 Å². The highest BCUT2D eigenvalue weighted by molar-refractivity contribution is 5.75. The van der Waals surface area contributed by atoms with Gasteiger partial charge in [-0.25, -0.2) is 0 Å². The molecule has 1 atom stereocenters. The number of carbonyl (C=O) groups excluding carboxylic acids is 1. The Morgan fingerprint density at radius 1 is 1.33 bits per heavy atom. The van der Waals surface area contributed by atoms with Gasteiger partial charge in [0.1, 0.15) is 11.7 Å². The van der Waals surface area contributed by atoms with Crippen molar-refractivity contribution in [1.82, 2.24) is 9.88 Å². The molecule has 6 heteroatoms. The Balaban J connectivity index is 2.21. The van der Waals surface area contributed by atoms with Crippen LogP contribution in [-0.2, 0) is 16.1 Å². The van der Waals surface area contributed by atoms with Gasteiger partial charge in [0.2, 0.25) is 0 Å². The first-order valence-electron chi connectivity index (χ1n) is 7.09. The second kappa shape index (κ2) is 7.26. The fraction of sp³-hybridized carbons (Fsp3) is 0.600. The number of ether oxygens (including phenoxy) is 3. The first-order valence-corrected chi connectivity index (χ1v) is 7.09. The molecule has 0 aliphatic carbocycles. The molecular formula is C15H22N2O4. The van der Waals surface area contributed by atoms with Gasteiger partial charge in [-0.3, -0.25) is 14.7 Å². The van der Waals surface area contributed by atoms with Crippen LogP contribution in [0.2, 0.25) is 0 Å². The van der Waals surface area contributed by atoms with Crippen molar-refractivity contribution in [3.05, 3.63) is 18.0 Å². The van der Waals surface area contributed by atoms with Crippen molar-refractivity contribution in [2.24, 2.45) is 0 Å². The molecule has 1 saturated heterocycles. The van der Waals surface area contributed by atoms with Crippen LogP contribution >= 0.6 is 0 Å². The number of nitrogens with zero attached hydrogens (tertiary/aromatic N) is 2. The third-order valence-electron chi connectivity index (χ3n) is 3.81. The lowest BCUT2D eigenvalue weighted by atomic mass is 10.0. The zero-order valence-corrected chi connectivity index (χ0v) is 12.8. The lowest BCUT2D eigenvalue weighted by molar-refractivity contribution is -0.148. The number of pyridine rings is 1. The Morgan fingerprint density at radius 3 is 2.81 bits per heavy atom. The molecule has 0 aromatic carbocycles. The zero-order chi connectivity index (χ0) is 15.2. The number of hydrogen-bond donors (Lipinski definition) is 0. The number of esters is 1. The van der Waals surface area contributed by atoms with Crippen LogP contribution in [0.3, 0.4) is 0 Å². The molecule has 1 aromatic heterocycles. The Hall–Kier alpha value is -1.82. The van der Waals surface area contributed by atoms with Gasteiger partial charge in [-0.15, -0.1) is 0 Å². The molecule has 1 aliphatic rings. The highest BCUT2D eigenvalue weighted by atomic mass is 16.5. The lowest BCUT2D eigenvalue weighted by Crippen LogP contribution is -2.44. The summed E-state index contributed by atoms with van der Waals surface area (Å²) < 4.78 is 15.6. The largest absolute Gasteiger partial charge is 0.493 e. The van der Waals surface area contributed by atoms with Gasteiger partial charge in [-0.05, 0) is 19.4 Å². The molecule has 0 radical (unpaired) electrons. The van der Waals surface area contributed by atoms with Gasteiger partial charge in [0, 0.05) is 18.8 Å². The van der Waals surface area contributed by atoms with E-state index in [4.69, 9.17) is 14.2 Å². The Morgan fingerprint density at radius 2 is 2.14 bits per heavy atom. The number of carbonyl (C=O) groups is 1. The quantitative estimate of drug-likeness (QED) is 0.769. The number of likely N-dealkylation sites (tertiary alicyclic amines) is 1. The summed E-state index contributed by atoms with van der Waals surface area (Å²) in [7, 11) is 4.62. The molecule has 2 heterocycles. The monoisotopic (exact) mass is 294 g/mol. The lowest BCUT2D eigenvalue weighted by Gasteiger charge is -2.33. The standard InChI is InChI=1S/C15H22N2O4/c1-19-13-7-8-16-11(14(13)20-2)10-17-9-5-4-6-12(17)15(18)21-3/h7-8,12H,4-6,9-10H2,1-3H3/t12-/m1/s1. The maximum atomic E-state index is 11.9. The third kappa shape index (κ3) is 3.44. The van der Waals surface area contributed by atoms with E-state index in [1.807, 2.05) is 0 Å². The van der Waals surface area contributed by atoms with E-state index in [0.717, 1.165) is 31.5 Å². The molecule has 0 saturated carbocycles. The normalized spacial score (nSPS) is 19.1. The molecule has 1 aliphatic heterocycles. The smallest absolute Gasteiger partial charge is 0.323 e. The summed E-state index contributed by atoms with van der Waals surface area (Å²) in [6.07, 6.45) is 4.62. The van der Waals surface area contributed by atoms with E-state index in [-0.39, 0.29) is 12.0 Å². The summed E-state index contributed by atoms with van der Waals surface area (Å²) in [5, 5.41) is 0. The van der Waals surface area contributed by atoms with Crippen molar-refractivity contribution in [3.8, 4) is 11.5 Å². The van der Waals surface area contributed by atoms with E-state index in [9.17, 15) is 4.79 Å². The molecule has 0 N–H and O–H groups in total. The molecule has 6 nitrogen and oxygen atoms in total. The minimum atomic E-state index is -0.207. The fourth-order valence-corrected chi connectivity index (χ4v) is 2.74. The Labute approximate surface area is 125 Å². The molecule has 1 aromatic rings. The molecule has 116 valence electrons. The average molecular weight is 294 g/mol. The van der Waals surface area contributed by atoms with Crippen LogP contribution in [0.15, 0.2) is 12.3 Å². The van der Waals surface area contributed by atoms with Gasteiger partial charge >= 0.3 is 5.97 Å². The molecule has 2 rings (SSSR count). The van der Waals surface area contributed by atoms with Gasteiger partial charge in [0.15, 0.2) is 11.5 Å². The first-order chi connectivity index (χ1) is 10.2. The van der Waals surface area contributed by atoms with Crippen molar-refractivity contribution in [3.63, 3.8) is 0 Å². The second-order valence-electron chi connectivity index (χ2n) is 5.00. The van der Waals surface area contributed by atoms with Gasteiger partial charge in [-0.2, -0.15) is 0 Å². The maximum absolute atomic E-state index is 11.9. The summed E-state index contributed by atoms with van der Waals surface area (Å²) in [6, 6.07) is 1.55. The summed E-state index contributed by atoms with van der Waals surface area (Å²) in [5.74, 6) is 1.08. The van der Waals surface area contributed by atoms with Crippen LogP contribution in [0.1, 0.15) is 25.0 Å². The minimum absolute atomic E-state index is 0.184. The van der Waals surface area contributed by atoms with Crippen molar-refractivity contribution in [2.45, 2.75) is 31.8 Å². The van der Waals surface area contributed by atoms with Crippen LogP contribution in [0.5, 0.6) is 11.5 Å². The Bertz CT molecular complexity index is 493. The van der Waals surface area contributed by atoms with Crippen molar-refractivity contribution in [2.75, 3.05) is 27.9 Å². The molecule has 0 unspecified atom stereocenters. The summed E-state index contributed by atoms with van der Waals surface area (Å²) >= 11 is 0. The third-order valence-corrected chi connectivity index (χ3v) is 3.81. The maximum Gasteiger partial charge on any atom is 0.323 e. The number of aromatic nitrogens is 1. The molecule has 1 fully saturated rings. The van der Waals surface area contributed by atoms with E-state index in [1.165, 1.54) is 7.11 Å². The predicted molar refractivity (Wildman–Crippen MR) is 77.4 cm³/mol. The van der Waals surface area contributed by atoms with Crippen LogP contribution in [-0.4, -0.2) is 49.8 Å².